The van der Waals surface area contributed by atoms with E-state index in [-0.39, 0.29) is 18.2 Å². The zero-order valence-corrected chi connectivity index (χ0v) is 10.7. The van der Waals surface area contributed by atoms with Gasteiger partial charge in [-0.05, 0) is 12.8 Å². The van der Waals surface area contributed by atoms with Gasteiger partial charge in [-0.2, -0.15) is 0 Å². The van der Waals surface area contributed by atoms with E-state index < -0.39 is 5.54 Å². The Labute approximate surface area is 110 Å². The molecule has 1 aromatic rings. The van der Waals surface area contributed by atoms with Crippen molar-refractivity contribution in [2.75, 3.05) is 26.4 Å². The van der Waals surface area contributed by atoms with E-state index in [1.54, 1.807) is 6.20 Å². The monoisotopic (exact) mass is 269 g/mol. The number of ether oxygens (including phenoxy) is 1. The van der Waals surface area contributed by atoms with Crippen molar-refractivity contribution in [1.82, 2.24) is 20.3 Å². The van der Waals surface area contributed by atoms with Gasteiger partial charge in [0.25, 0.3) is 5.91 Å². The Bertz CT molecular complexity index is 428. The number of carbonyl (C=O) groups excluding carboxylic acids is 1. The molecule has 0 aromatic carbocycles. The zero-order valence-electron chi connectivity index (χ0n) is 10.7. The molecular weight excluding hydrogens is 250 g/mol. The summed E-state index contributed by atoms with van der Waals surface area (Å²) >= 11 is 0. The van der Waals surface area contributed by atoms with Crippen molar-refractivity contribution in [3.63, 3.8) is 0 Å². The van der Waals surface area contributed by atoms with Crippen LogP contribution < -0.4 is 11.1 Å². The molecule has 1 saturated heterocycles. The molecule has 0 atom stereocenters. The highest BCUT2D eigenvalue weighted by atomic mass is 16.5. The number of amides is 1. The Morgan fingerprint density at radius 1 is 1.58 bits per heavy atom. The molecule has 0 aliphatic carbocycles. The molecule has 1 aliphatic rings. The lowest BCUT2D eigenvalue weighted by atomic mass is 9.91. The van der Waals surface area contributed by atoms with Gasteiger partial charge in [0.1, 0.15) is 0 Å². The molecule has 1 amide bonds. The molecule has 4 N–H and O–H groups in total. The highest BCUT2D eigenvalue weighted by molar-refractivity contribution is 5.92. The lowest BCUT2D eigenvalue weighted by Crippen LogP contribution is -2.54. The van der Waals surface area contributed by atoms with Crippen molar-refractivity contribution < 1.29 is 14.6 Å². The first-order valence-corrected chi connectivity index (χ1v) is 6.30. The third-order valence-electron chi connectivity index (χ3n) is 3.26. The van der Waals surface area contributed by atoms with Crippen molar-refractivity contribution >= 4 is 5.91 Å². The van der Waals surface area contributed by atoms with Crippen LogP contribution in [0.4, 0.5) is 0 Å². The number of hydrogen-bond acceptors (Lipinski definition) is 6. The first kappa shape index (κ1) is 13.9. The predicted octanol–water partition coefficient (Wildman–Crippen LogP) is -1.49. The Balaban J connectivity index is 2.02. The molecule has 1 aliphatic heterocycles. The summed E-state index contributed by atoms with van der Waals surface area (Å²) in [5.74, 6) is -0.334. The van der Waals surface area contributed by atoms with Crippen molar-refractivity contribution in [3.05, 3.63) is 11.9 Å². The molecule has 0 bridgehead atoms. The largest absolute Gasteiger partial charge is 0.394 e. The molecule has 2 heterocycles. The highest BCUT2D eigenvalue weighted by Gasteiger charge is 2.34. The summed E-state index contributed by atoms with van der Waals surface area (Å²) in [4.78, 5) is 12.1. The van der Waals surface area contributed by atoms with Crippen LogP contribution in [-0.2, 0) is 11.3 Å². The summed E-state index contributed by atoms with van der Waals surface area (Å²) in [6, 6.07) is 0. The zero-order chi connectivity index (χ0) is 13.7. The van der Waals surface area contributed by atoms with Gasteiger partial charge >= 0.3 is 0 Å². The summed E-state index contributed by atoms with van der Waals surface area (Å²) < 4.78 is 6.76. The Hall–Kier alpha value is -1.51. The molecule has 8 heteroatoms. The lowest BCUT2D eigenvalue weighted by molar-refractivity contribution is 0.0124. The minimum atomic E-state index is -0.618. The molecule has 2 rings (SSSR count). The van der Waals surface area contributed by atoms with Gasteiger partial charge in [0, 0.05) is 19.8 Å². The quantitative estimate of drug-likeness (QED) is 0.599. The summed E-state index contributed by atoms with van der Waals surface area (Å²) in [6.07, 6.45) is 2.73. The summed E-state index contributed by atoms with van der Waals surface area (Å²) in [6.45, 7) is 1.89. The van der Waals surface area contributed by atoms with Crippen LogP contribution in [0.25, 0.3) is 0 Å². The van der Waals surface area contributed by atoms with Gasteiger partial charge in [0.15, 0.2) is 5.69 Å². The third-order valence-corrected chi connectivity index (χ3v) is 3.26. The number of carbonyl (C=O) groups is 1. The summed E-state index contributed by atoms with van der Waals surface area (Å²) in [7, 11) is 0. The molecular formula is C11H19N5O3. The molecule has 106 valence electrons. The van der Waals surface area contributed by atoms with E-state index in [4.69, 9.17) is 10.5 Å². The van der Waals surface area contributed by atoms with Crippen molar-refractivity contribution in [2.24, 2.45) is 5.73 Å². The maximum absolute atomic E-state index is 12.1. The Morgan fingerprint density at radius 2 is 2.32 bits per heavy atom. The van der Waals surface area contributed by atoms with E-state index >= 15 is 0 Å². The number of nitrogens with two attached hydrogens (primary N) is 1. The van der Waals surface area contributed by atoms with E-state index in [0.717, 1.165) is 0 Å². The summed E-state index contributed by atoms with van der Waals surface area (Å²) in [5.41, 5.74) is 5.01. The van der Waals surface area contributed by atoms with Crippen molar-refractivity contribution in [1.29, 1.82) is 0 Å². The van der Waals surface area contributed by atoms with E-state index in [2.05, 4.69) is 15.6 Å². The fraction of sp³-hybridized carbons (Fsp3) is 0.727. The number of nitrogens with zero attached hydrogens (tertiary/aromatic N) is 3. The van der Waals surface area contributed by atoms with Gasteiger partial charge in [0.05, 0.1) is 24.9 Å². The average molecular weight is 269 g/mol. The van der Waals surface area contributed by atoms with Crippen molar-refractivity contribution in [3.8, 4) is 0 Å². The molecule has 1 fully saturated rings. The van der Waals surface area contributed by atoms with Crippen LogP contribution in [0.3, 0.4) is 0 Å². The Kier molecular flexibility index (Phi) is 4.46. The van der Waals surface area contributed by atoms with E-state index in [0.29, 0.717) is 39.1 Å². The number of aliphatic hydroxyl groups is 1. The highest BCUT2D eigenvalue weighted by Crippen LogP contribution is 2.20. The third kappa shape index (κ3) is 3.28. The topological polar surface area (TPSA) is 115 Å². The molecule has 19 heavy (non-hydrogen) atoms. The van der Waals surface area contributed by atoms with Crippen LogP contribution in [-0.4, -0.2) is 57.9 Å². The molecule has 8 nitrogen and oxygen atoms in total. The average Bonchev–Trinajstić information content (AvgIpc) is 2.89. The normalized spacial score (nSPS) is 18.2. The summed E-state index contributed by atoms with van der Waals surface area (Å²) in [5, 5.41) is 19.9. The number of rotatable bonds is 5. The fourth-order valence-corrected chi connectivity index (χ4v) is 2.03. The fourth-order valence-electron chi connectivity index (χ4n) is 2.03. The van der Waals surface area contributed by atoms with Crippen LogP contribution in [0.2, 0.25) is 0 Å². The van der Waals surface area contributed by atoms with Crippen LogP contribution in [0.1, 0.15) is 23.3 Å². The second kappa shape index (κ2) is 6.09. The van der Waals surface area contributed by atoms with Gasteiger partial charge in [-0.3, -0.25) is 9.48 Å². The van der Waals surface area contributed by atoms with E-state index in [1.807, 2.05) is 0 Å². The standard InChI is InChI=1S/C11H19N5O3/c12-3-4-16-7-9(14-15-16)10(18)13-11(8-17)1-5-19-6-2-11/h7,17H,1-6,8,12H2,(H,13,18). The minimum absolute atomic E-state index is 0.112. The maximum Gasteiger partial charge on any atom is 0.273 e. The van der Waals surface area contributed by atoms with Crippen LogP contribution >= 0.6 is 0 Å². The van der Waals surface area contributed by atoms with Crippen molar-refractivity contribution in [2.45, 2.75) is 24.9 Å². The molecule has 0 saturated carbocycles. The molecule has 0 unspecified atom stereocenters. The second-order valence-electron chi connectivity index (χ2n) is 4.66. The number of hydrogen-bond donors (Lipinski definition) is 3. The Morgan fingerprint density at radius 3 is 2.95 bits per heavy atom. The first-order valence-electron chi connectivity index (χ1n) is 6.30. The first-order chi connectivity index (χ1) is 9.19. The van der Waals surface area contributed by atoms with Crippen LogP contribution in [0.5, 0.6) is 0 Å². The minimum Gasteiger partial charge on any atom is -0.394 e. The van der Waals surface area contributed by atoms with Crippen LogP contribution in [0.15, 0.2) is 6.20 Å². The smallest absolute Gasteiger partial charge is 0.273 e. The molecule has 0 radical (unpaired) electrons. The number of aromatic nitrogens is 3. The van der Waals surface area contributed by atoms with Gasteiger partial charge in [-0.1, -0.05) is 5.21 Å². The molecule has 1 aromatic heterocycles. The molecule has 0 spiro atoms. The van der Waals surface area contributed by atoms with E-state index in [1.165, 1.54) is 4.68 Å². The number of aliphatic hydroxyl groups excluding tert-OH is 1. The second-order valence-corrected chi connectivity index (χ2v) is 4.66. The van der Waals surface area contributed by atoms with Gasteiger partial charge in [-0.25, -0.2) is 0 Å². The van der Waals surface area contributed by atoms with Gasteiger partial charge < -0.3 is 20.9 Å². The van der Waals surface area contributed by atoms with Gasteiger partial charge in [0.2, 0.25) is 0 Å². The number of nitrogens with one attached hydrogen (secondary N) is 1. The van der Waals surface area contributed by atoms with Gasteiger partial charge in [-0.15, -0.1) is 5.10 Å². The predicted molar refractivity (Wildman–Crippen MR) is 66.4 cm³/mol. The lowest BCUT2D eigenvalue weighted by Gasteiger charge is -2.35. The van der Waals surface area contributed by atoms with Crippen LogP contribution in [0, 0.1) is 0 Å². The SMILES string of the molecule is NCCn1cc(C(=O)NC2(CO)CCOCC2)nn1. The maximum atomic E-state index is 12.1. The van der Waals surface area contributed by atoms with E-state index in [9.17, 15) is 9.90 Å².